The first kappa shape index (κ1) is 31.7. The van der Waals surface area contributed by atoms with Gasteiger partial charge in [-0.1, -0.05) is 5.16 Å². The number of anilines is 1. The van der Waals surface area contributed by atoms with E-state index in [2.05, 4.69) is 30.8 Å². The molecule has 0 radical (unpaired) electrons. The minimum Gasteiger partial charge on any atom is -0.458 e. The number of nitro benzene ring substituents is 1. The number of β-lactam (4-membered cyclic amide) rings is 1. The maximum absolute atomic E-state index is 13.2. The van der Waals surface area contributed by atoms with E-state index in [1.54, 1.807) is 0 Å². The van der Waals surface area contributed by atoms with Crippen molar-refractivity contribution >= 4 is 69.3 Å². The van der Waals surface area contributed by atoms with E-state index >= 15 is 0 Å². The maximum Gasteiger partial charge on any atom is 0.404 e. The van der Waals surface area contributed by atoms with Crippen LogP contribution in [0.3, 0.4) is 0 Å². The Kier molecular flexibility index (Phi) is 10.3. The number of nitrogens with one attached hydrogen (secondary N) is 3. The van der Waals surface area contributed by atoms with Gasteiger partial charge in [0.15, 0.2) is 10.8 Å². The lowest BCUT2D eigenvalue weighted by molar-refractivity contribution is -0.384. The van der Waals surface area contributed by atoms with Crippen molar-refractivity contribution < 1.29 is 43.2 Å². The van der Waals surface area contributed by atoms with Crippen molar-refractivity contribution in [1.29, 1.82) is 0 Å². The minimum atomic E-state index is -1.75. The third-order valence-electron chi connectivity index (χ3n) is 5.41. The summed E-state index contributed by atoms with van der Waals surface area (Å²) in [5.74, 6) is -3.32. The highest BCUT2D eigenvalue weighted by Gasteiger charge is 2.42. The van der Waals surface area contributed by atoms with Crippen LogP contribution in [0.1, 0.15) is 25.1 Å². The second-order valence-electron chi connectivity index (χ2n) is 8.96. The van der Waals surface area contributed by atoms with Gasteiger partial charge in [-0.15, -0.1) is 22.9 Å². The second-order valence-corrected chi connectivity index (χ2v) is 10.1. The highest BCUT2D eigenvalue weighted by atomic mass is 35.5. The molecule has 2 heterocycles. The van der Waals surface area contributed by atoms with Gasteiger partial charge in [-0.3, -0.25) is 24.5 Å². The lowest BCUT2D eigenvalue weighted by Crippen LogP contribution is -2.71. The van der Waals surface area contributed by atoms with Gasteiger partial charge in [0.05, 0.1) is 11.0 Å². The molecule has 0 spiro atoms. The summed E-state index contributed by atoms with van der Waals surface area (Å²) in [5, 5.41) is 23.3. The molecule has 0 saturated carbocycles. The lowest BCUT2D eigenvalue weighted by Gasteiger charge is -2.36. The van der Waals surface area contributed by atoms with Crippen LogP contribution in [-0.4, -0.2) is 75.6 Å². The van der Waals surface area contributed by atoms with Crippen molar-refractivity contribution in [1.82, 2.24) is 15.6 Å². The first-order valence-electron chi connectivity index (χ1n) is 11.8. The number of carbonyl (C=O) groups is 5. The zero-order valence-corrected chi connectivity index (χ0v) is 23.5. The van der Waals surface area contributed by atoms with Gasteiger partial charge in [-0.2, -0.15) is 0 Å². The zero-order valence-electron chi connectivity index (χ0n) is 22.0. The predicted molar refractivity (Wildman–Crippen MR) is 145 cm³/mol. The number of esters is 1. The van der Waals surface area contributed by atoms with Crippen LogP contribution in [0, 0.1) is 10.1 Å². The Labute approximate surface area is 245 Å². The van der Waals surface area contributed by atoms with Crippen LogP contribution in [0.25, 0.3) is 0 Å². The van der Waals surface area contributed by atoms with E-state index in [9.17, 15) is 34.1 Å². The van der Waals surface area contributed by atoms with Gasteiger partial charge < -0.3 is 36.0 Å². The Morgan fingerprint density at radius 2 is 1.93 bits per heavy atom. The van der Waals surface area contributed by atoms with Crippen molar-refractivity contribution in [3.8, 4) is 0 Å². The molecular formula is C23H24ClN7O10S. The van der Waals surface area contributed by atoms with Crippen molar-refractivity contribution in [2.45, 2.75) is 38.1 Å². The van der Waals surface area contributed by atoms with Crippen molar-refractivity contribution in [2.75, 3.05) is 17.8 Å². The molecule has 2 aromatic rings. The normalized spacial score (nSPS) is 16.4. The molecule has 19 heteroatoms. The number of aromatic nitrogens is 1. The van der Waals surface area contributed by atoms with Crippen LogP contribution in [0.4, 0.5) is 15.6 Å². The third kappa shape index (κ3) is 8.33. The Morgan fingerprint density at radius 1 is 1.24 bits per heavy atom. The summed E-state index contributed by atoms with van der Waals surface area (Å²) < 4.78 is 9.90. The van der Waals surface area contributed by atoms with Crippen molar-refractivity contribution in [2.24, 2.45) is 10.9 Å². The molecule has 1 saturated heterocycles. The number of hydrogen-bond donors (Lipinski definition) is 4. The molecular weight excluding hydrogens is 602 g/mol. The van der Waals surface area contributed by atoms with Crippen LogP contribution in [0.15, 0.2) is 34.8 Å². The number of ether oxygens (including phenoxy) is 2. The summed E-state index contributed by atoms with van der Waals surface area (Å²) in [6, 6.07) is 3.43. The van der Waals surface area contributed by atoms with E-state index < -0.39 is 58.1 Å². The summed E-state index contributed by atoms with van der Waals surface area (Å²) >= 11 is 6.43. The van der Waals surface area contributed by atoms with Gasteiger partial charge in [0.1, 0.15) is 30.8 Å². The van der Waals surface area contributed by atoms with Crippen LogP contribution < -0.4 is 21.7 Å². The van der Waals surface area contributed by atoms with E-state index in [1.165, 1.54) is 43.5 Å². The van der Waals surface area contributed by atoms with Gasteiger partial charge in [-0.25, -0.2) is 14.6 Å². The van der Waals surface area contributed by atoms with Crippen LogP contribution in [0.2, 0.25) is 0 Å². The number of nitro groups is 1. The highest BCUT2D eigenvalue weighted by Crippen LogP contribution is 2.20. The smallest absolute Gasteiger partial charge is 0.404 e. The molecule has 0 aliphatic carbocycles. The average molecular weight is 626 g/mol. The quantitative estimate of drug-likeness (QED) is 0.0597. The number of non-ortho nitro benzene ring substituents is 1. The van der Waals surface area contributed by atoms with Crippen LogP contribution in [-0.2, 0) is 40.1 Å². The molecule has 5 N–H and O–H groups in total. The summed E-state index contributed by atoms with van der Waals surface area (Å²) in [6.07, 6.45) is -1.08. The van der Waals surface area contributed by atoms with Gasteiger partial charge >= 0.3 is 12.1 Å². The molecule has 42 heavy (non-hydrogen) atoms. The predicted octanol–water partition coefficient (Wildman–Crippen LogP) is 0.550. The summed E-state index contributed by atoms with van der Waals surface area (Å²) in [5.41, 5.74) is 2.98. The molecule has 1 fully saturated rings. The van der Waals surface area contributed by atoms with E-state index in [0.29, 0.717) is 5.56 Å². The minimum absolute atomic E-state index is 0.0760. The molecule has 0 bridgehead atoms. The first-order chi connectivity index (χ1) is 19.8. The Hall–Kier alpha value is -4.84. The zero-order chi connectivity index (χ0) is 31.0. The fraction of sp³-hybridized carbons (Fsp3) is 0.348. The molecule has 3 rings (SSSR count). The fourth-order valence-electron chi connectivity index (χ4n) is 3.16. The number of oxime groups is 1. The molecule has 1 aliphatic rings. The van der Waals surface area contributed by atoms with E-state index in [-0.39, 0.29) is 35.6 Å². The van der Waals surface area contributed by atoms with Gasteiger partial charge in [0, 0.05) is 17.5 Å². The molecule has 2 atom stereocenters. The standard InChI is InChI=1S/C23H24ClN7O10S/c1-23(2,20(35)39-8-11-3-5-12(6-4-11)31(37)38)41-30-17(14-10-42-22(27-14)28-15(32)7-24)19(34)29-16-13(26-18(16)33)9-40-21(25)36/h3-6,10,13,16H,7-9H2,1-2H3,(H2,25,36)(H,26,33)(H,29,34)(H,27,28,32)/t13-,16+/m1/s1. The fourth-order valence-corrected chi connectivity index (χ4v) is 3.94. The molecule has 1 aromatic heterocycles. The van der Waals surface area contributed by atoms with Crippen LogP contribution >= 0.6 is 22.9 Å². The Morgan fingerprint density at radius 3 is 2.52 bits per heavy atom. The maximum atomic E-state index is 13.2. The average Bonchev–Trinajstić information content (AvgIpc) is 3.40. The molecule has 4 amide bonds. The number of hydrogen-bond acceptors (Lipinski definition) is 13. The highest BCUT2D eigenvalue weighted by molar-refractivity contribution is 7.14. The molecule has 1 aromatic carbocycles. The number of nitrogens with two attached hydrogens (primary N) is 1. The molecule has 1 aliphatic heterocycles. The number of nitrogens with zero attached hydrogens (tertiary/aromatic N) is 3. The lowest BCUT2D eigenvalue weighted by atomic mass is 9.99. The topological polar surface area (TPSA) is 244 Å². The number of carbonyl (C=O) groups excluding carboxylic acids is 5. The van der Waals surface area contributed by atoms with E-state index in [0.717, 1.165) is 11.3 Å². The monoisotopic (exact) mass is 625 g/mol. The van der Waals surface area contributed by atoms with Crippen molar-refractivity contribution in [3.05, 3.63) is 51.0 Å². The van der Waals surface area contributed by atoms with Crippen molar-refractivity contribution in [3.63, 3.8) is 0 Å². The molecule has 224 valence electrons. The number of thiazole rings is 1. The largest absolute Gasteiger partial charge is 0.458 e. The Balaban J connectivity index is 1.76. The summed E-state index contributed by atoms with van der Waals surface area (Å²) in [7, 11) is 0. The summed E-state index contributed by atoms with van der Waals surface area (Å²) in [4.78, 5) is 80.2. The number of halogens is 1. The van der Waals surface area contributed by atoms with Crippen LogP contribution in [0.5, 0.6) is 0 Å². The van der Waals surface area contributed by atoms with Gasteiger partial charge in [-0.05, 0) is 31.5 Å². The van der Waals surface area contributed by atoms with E-state index in [4.69, 9.17) is 26.9 Å². The molecule has 17 nitrogen and oxygen atoms in total. The number of rotatable bonds is 13. The number of alkyl halides is 1. The first-order valence-corrected chi connectivity index (χ1v) is 13.2. The Bertz CT molecular complexity index is 1410. The second kappa shape index (κ2) is 13.7. The number of primary amides is 1. The SMILES string of the molecule is CC(C)(ON=C(C(=O)N[C@@H]1C(=O)N[C@@H]1COC(N)=O)c1csc(NC(=O)CCl)n1)C(=O)OCc1ccc([N+](=O)[O-])cc1. The summed E-state index contributed by atoms with van der Waals surface area (Å²) in [6.45, 7) is 2.08. The number of amides is 4. The molecule has 0 unspecified atom stereocenters. The van der Waals surface area contributed by atoms with Gasteiger partial charge in [0.2, 0.25) is 17.4 Å². The number of benzene rings is 1. The van der Waals surface area contributed by atoms with Gasteiger partial charge in [0.25, 0.3) is 11.6 Å². The third-order valence-corrected chi connectivity index (χ3v) is 6.41. The van der Waals surface area contributed by atoms with E-state index in [1.807, 2.05) is 0 Å².